The highest BCUT2D eigenvalue weighted by Crippen LogP contribution is 2.33. The molecule has 0 radical (unpaired) electrons. The molecule has 0 unspecified atom stereocenters. The van der Waals surface area contributed by atoms with E-state index in [1.165, 1.54) is 4.31 Å². The molecule has 0 spiro atoms. The number of anilines is 2. The van der Waals surface area contributed by atoms with Crippen molar-refractivity contribution in [1.82, 2.24) is 14.5 Å². The Morgan fingerprint density at radius 2 is 1.55 bits per heavy atom. The lowest BCUT2D eigenvalue weighted by Gasteiger charge is -2.35. The van der Waals surface area contributed by atoms with Crippen LogP contribution in [0.2, 0.25) is 0 Å². The molecule has 0 saturated carbocycles. The van der Waals surface area contributed by atoms with E-state index in [0.29, 0.717) is 64.1 Å². The Morgan fingerprint density at radius 3 is 2.32 bits per heavy atom. The molecule has 2 fully saturated rings. The van der Waals surface area contributed by atoms with Gasteiger partial charge >= 0.3 is 0 Å². The van der Waals surface area contributed by atoms with E-state index in [0.717, 1.165) is 24.6 Å². The lowest BCUT2D eigenvalue weighted by Crippen LogP contribution is -2.49. The molecule has 11 heteroatoms. The van der Waals surface area contributed by atoms with Crippen molar-refractivity contribution in [3.05, 3.63) is 30.5 Å². The SMILES string of the molecule is O=S(=O)(c1ccc2c(c1)OCCO2)N1CCN(c2cc(N3CCOCC3)cnn2)CC1. The summed E-state index contributed by atoms with van der Waals surface area (Å²) in [6.45, 7) is 5.79. The van der Waals surface area contributed by atoms with E-state index in [-0.39, 0.29) is 4.90 Å². The van der Waals surface area contributed by atoms with Crippen LogP contribution < -0.4 is 19.3 Å². The first kappa shape index (κ1) is 20.3. The van der Waals surface area contributed by atoms with Gasteiger partial charge in [0.1, 0.15) is 13.2 Å². The van der Waals surface area contributed by atoms with E-state index in [1.807, 2.05) is 6.07 Å². The summed E-state index contributed by atoms with van der Waals surface area (Å²) in [6, 6.07) is 6.80. The summed E-state index contributed by atoms with van der Waals surface area (Å²) in [5.74, 6) is 1.82. The summed E-state index contributed by atoms with van der Waals surface area (Å²) in [7, 11) is -3.61. The van der Waals surface area contributed by atoms with Crippen molar-refractivity contribution in [2.24, 2.45) is 0 Å². The Hall–Kier alpha value is -2.63. The maximum Gasteiger partial charge on any atom is 0.243 e. The summed E-state index contributed by atoms with van der Waals surface area (Å²) in [5, 5.41) is 8.43. The monoisotopic (exact) mass is 447 g/mol. The van der Waals surface area contributed by atoms with E-state index in [1.54, 1.807) is 24.4 Å². The van der Waals surface area contributed by atoms with E-state index < -0.39 is 10.0 Å². The van der Waals surface area contributed by atoms with Crippen LogP contribution in [0.25, 0.3) is 0 Å². The summed E-state index contributed by atoms with van der Waals surface area (Å²) in [4.78, 5) is 4.52. The molecule has 0 atom stereocenters. The Labute approximate surface area is 181 Å². The molecule has 0 bridgehead atoms. The van der Waals surface area contributed by atoms with Crippen molar-refractivity contribution in [3.8, 4) is 11.5 Å². The molecule has 1 aromatic heterocycles. The van der Waals surface area contributed by atoms with Crippen molar-refractivity contribution in [2.75, 3.05) is 75.5 Å². The summed E-state index contributed by atoms with van der Waals surface area (Å²) in [5.41, 5.74) is 1.01. The van der Waals surface area contributed by atoms with E-state index in [4.69, 9.17) is 14.2 Å². The summed E-state index contributed by atoms with van der Waals surface area (Å²) >= 11 is 0. The quantitative estimate of drug-likeness (QED) is 0.667. The number of hydrogen-bond donors (Lipinski definition) is 0. The first-order valence-corrected chi connectivity index (χ1v) is 11.9. The van der Waals surface area contributed by atoms with Crippen molar-refractivity contribution in [1.29, 1.82) is 0 Å². The van der Waals surface area contributed by atoms with Gasteiger partial charge in [0.2, 0.25) is 10.0 Å². The average Bonchev–Trinajstić information content (AvgIpc) is 2.84. The zero-order valence-electron chi connectivity index (χ0n) is 17.1. The van der Waals surface area contributed by atoms with Crippen LogP contribution in [-0.4, -0.2) is 88.6 Å². The lowest BCUT2D eigenvalue weighted by atomic mass is 10.3. The Morgan fingerprint density at radius 1 is 0.806 bits per heavy atom. The van der Waals surface area contributed by atoms with Crippen LogP contribution in [-0.2, 0) is 14.8 Å². The predicted molar refractivity (Wildman–Crippen MR) is 113 cm³/mol. The fourth-order valence-corrected chi connectivity index (χ4v) is 5.42. The molecule has 3 aliphatic rings. The number of morpholine rings is 1. The van der Waals surface area contributed by atoms with Gasteiger partial charge in [0.05, 0.1) is 30.0 Å². The molecule has 31 heavy (non-hydrogen) atoms. The molecule has 3 aliphatic heterocycles. The first-order chi connectivity index (χ1) is 15.1. The number of nitrogens with zero attached hydrogens (tertiary/aromatic N) is 5. The van der Waals surface area contributed by atoms with E-state index in [9.17, 15) is 8.42 Å². The molecular weight excluding hydrogens is 422 g/mol. The van der Waals surface area contributed by atoms with Gasteiger partial charge in [0.15, 0.2) is 17.3 Å². The second-order valence-corrected chi connectivity index (χ2v) is 9.51. The Kier molecular flexibility index (Phi) is 5.55. The number of fused-ring (bicyclic) bond motifs is 1. The highest BCUT2D eigenvalue weighted by molar-refractivity contribution is 7.89. The van der Waals surface area contributed by atoms with Gasteiger partial charge in [0, 0.05) is 51.4 Å². The van der Waals surface area contributed by atoms with Crippen molar-refractivity contribution in [3.63, 3.8) is 0 Å². The number of rotatable bonds is 4. The number of aromatic nitrogens is 2. The average molecular weight is 448 g/mol. The first-order valence-electron chi connectivity index (χ1n) is 10.4. The van der Waals surface area contributed by atoms with Crippen LogP contribution in [0.1, 0.15) is 0 Å². The van der Waals surface area contributed by atoms with Gasteiger partial charge in [-0.15, -0.1) is 5.10 Å². The molecule has 0 aliphatic carbocycles. The standard InChI is InChI=1S/C20H25N5O5S/c26-31(27,17-1-2-18-19(14-17)30-12-11-29-18)25-5-3-24(4-6-25)20-13-16(15-21-22-20)23-7-9-28-10-8-23/h1-2,13-15H,3-12H2. The second-order valence-electron chi connectivity index (χ2n) is 7.57. The normalized spacial score (nSPS) is 20.0. The number of hydrogen-bond acceptors (Lipinski definition) is 9. The molecule has 1 aromatic carbocycles. The molecular formula is C20H25N5O5S. The molecule has 0 amide bonds. The van der Waals surface area contributed by atoms with Crippen LogP contribution in [0.4, 0.5) is 11.5 Å². The molecule has 2 aromatic rings. The van der Waals surface area contributed by atoms with Crippen LogP contribution in [0, 0.1) is 0 Å². The van der Waals surface area contributed by atoms with Gasteiger partial charge in [-0.25, -0.2) is 8.42 Å². The second kappa shape index (κ2) is 8.48. The largest absolute Gasteiger partial charge is 0.486 e. The topological polar surface area (TPSA) is 97.3 Å². The molecule has 10 nitrogen and oxygen atoms in total. The van der Waals surface area contributed by atoms with Gasteiger partial charge in [-0.1, -0.05) is 0 Å². The number of sulfonamides is 1. The molecule has 0 N–H and O–H groups in total. The minimum atomic E-state index is -3.61. The fourth-order valence-electron chi connectivity index (χ4n) is 3.99. The maximum atomic E-state index is 13.1. The highest BCUT2D eigenvalue weighted by Gasteiger charge is 2.30. The van der Waals surface area contributed by atoms with Gasteiger partial charge in [-0.3, -0.25) is 0 Å². The number of ether oxygens (including phenoxy) is 3. The van der Waals surface area contributed by atoms with Crippen LogP contribution in [0.3, 0.4) is 0 Å². The zero-order valence-corrected chi connectivity index (χ0v) is 18.0. The van der Waals surface area contributed by atoms with Gasteiger partial charge in [-0.2, -0.15) is 9.40 Å². The summed E-state index contributed by atoms with van der Waals surface area (Å²) in [6.07, 6.45) is 1.76. The van der Waals surface area contributed by atoms with Gasteiger partial charge < -0.3 is 24.0 Å². The Balaban J connectivity index is 1.27. The van der Waals surface area contributed by atoms with Gasteiger partial charge in [0.25, 0.3) is 0 Å². The van der Waals surface area contributed by atoms with Gasteiger partial charge in [-0.05, 0) is 12.1 Å². The van der Waals surface area contributed by atoms with E-state index in [2.05, 4.69) is 20.0 Å². The lowest BCUT2D eigenvalue weighted by molar-refractivity contribution is 0.122. The third-order valence-corrected chi connectivity index (χ3v) is 7.61. The van der Waals surface area contributed by atoms with Crippen molar-refractivity contribution >= 4 is 21.5 Å². The maximum absolute atomic E-state index is 13.1. The predicted octanol–water partition coefficient (Wildman–Crippen LogP) is 0.595. The van der Waals surface area contributed by atoms with Crippen LogP contribution in [0.5, 0.6) is 11.5 Å². The fraction of sp³-hybridized carbons (Fsp3) is 0.500. The summed E-state index contributed by atoms with van der Waals surface area (Å²) < 4.78 is 44.2. The molecule has 166 valence electrons. The van der Waals surface area contributed by atoms with Crippen LogP contribution >= 0.6 is 0 Å². The highest BCUT2D eigenvalue weighted by atomic mass is 32.2. The van der Waals surface area contributed by atoms with E-state index >= 15 is 0 Å². The zero-order chi connectivity index (χ0) is 21.3. The van der Waals surface area contributed by atoms with Crippen LogP contribution in [0.15, 0.2) is 35.4 Å². The number of benzene rings is 1. The third kappa shape index (κ3) is 4.12. The van der Waals surface area contributed by atoms with Crippen molar-refractivity contribution < 1.29 is 22.6 Å². The number of piperazine rings is 1. The third-order valence-electron chi connectivity index (χ3n) is 5.72. The van der Waals surface area contributed by atoms with Crippen molar-refractivity contribution in [2.45, 2.75) is 4.90 Å². The Bertz CT molecular complexity index is 1040. The minimum absolute atomic E-state index is 0.222. The molecule has 2 saturated heterocycles. The smallest absolute Gasteiger partial charge is 0.243 e. The molecule has 5 rings (SSSR count). The minimum Gasteiger partial charge on any atom is -0.486 e. The molecule has 4 heterocycles.